The third-order valence-corrected chi connectivity index (χ3v) is 6.67. The van der Waals surface area contributed by atoms with Crippen molar-refractivity contribution in [2.45, 2.75) is 19.8 Å². The van der Waals surface area contributed by atoms with Gasteiger partial charge in [0.05, 0.1) is 0 Å². The number of fused-ring (bicyclic) bond motifs is 2. The zero-order chi connectivity index (χ0) is 18.4. The Hall–Kier alpha value is -2.84. The van der Waals surface area contributed by atoms with Gasteiger partial charge >= 0.3 is 0 Å². The molecule has 4 aromatic rings. The van der Waals surface area contributed by atoms with Crippen LogP contribution in [-0.2, 0) is 6.42 Å². The maximum Gasteiger partial charge on any atom is 0.0437 e. The number of aryl methyl sites for hydroxylation is 2. The minimum Gasteiger partial charge on any atom is -0.398 e. The summed E-state index contributed by atoms with van der Waals surface area (Å²) >= 11 is 1.87. The summed E-state index contributed by atoms with van der Waals surface area (Å²) in [5.41, 5.74) is 15.2. The topological polar surface area (TPSA) is 26.0 Å². The fourth-order valence-electron chi connectivity index (χ4n) is 4.12. The van der Waals surface area contributed by atoms with Crippen molar-refractivity contribution in [2.24, 2.45) is 0 Å². The zero-order valence-electron chi connectivity index (χ0n) is 15.3. The molecule has 0 bridgehead atoms. The number of benzene rings is 3. The van der Waals surface area contributed by atoms with E-state index in [1.54, 1.807) is 0 Å². The van der Waals surface area contributed by atoms with Crippen molar-refractivity contribution in [1.82, 2.24) is 0 Å². The van der Waals surface area contributed by atoms with Crippen LogP contribution in [0.2, 0.25) is 0 Å². The minimum absolute atomic E-state index is 0.860. The molecule has 0 radical (unpaired) electrons. The fourth-order valence-corrected chi connectivity index (χ4v) is 5.42. The second kappa shape index (κ2) is 6.40. The van der Waals surface area contributed by atoms with Gasteiger partial charge in [-0.25, -0.2) is 0 Å². The van der Waals surface area contributed by atoms with Crippen molar-refractivity contribution in [3.05, 3.63) is 83.4 Å². The van der Waals surface area contributed by atoms with Crippen LogP contribution in [0.15, 0.2) is 66.7 Å². The number of nitrogen functional groups attached to an aromatic ring is 1. The highest BCUT2D eigenvalue weighted by atomic mass is 32.1. The molecule has 0 atom stereocenters. The number of rotatable bonds is 2. The van der Waals surface area contributed by atoms with E-state index in [1.165, 1.54) is 48.3 Å². The van der Waals surface area contributed by atoms with Crippen LogP contribution >= 0.6 is 11.3 Å². The average molecular weight is 368 g/mol. The predicted molar refractivity (Wildman–Crippen MR) is 119 cm³/mol. The van der Waals surface area contributed by atoms with Crippen LogP contribution in [0.25, 0.3) is 37.7 Å². The molecule has 27 heavy (non-hydrogen) atoms. The molecule has 5 rings (SSSR count). The molecular weight excluding hydrogens is 346 g/mol. The highest BCUT2D eigenvalue weighted by molar-refractivity contribution is 7.23. The molecule has 0 spiro atoms. The Labute approximate surface area is 163 Å². The van der Waals surface area contributed by atoms with E-state index in [-0.39, 0.29) is 0 Å². The molecule has 3 aromatic carbocycles. The highest BCUT2D eigenvalue weighted by Gasteiger charge is 2.22. The first-order chi connectivity index (χ1) is 13.2. The molecular formula is C25H21NS. The van der Waals surface area contributed by atoms with Crippen molar-refractivity contribution < 1.29 is 0 Å². The van der Waals surface area contributed by atoms with Gasteiger partial charge in [-0.05, 0) is 54.2 Å². The van der Waals surface area contributed by atoms with Gasteiger partial charge in [0.25, 0.3) is 0 Å². The van der Waals surface area contributed by atoms with E-state index in [4.69, 9.17) is 5.73 Å². The molecule has 0 fully saturated rings. The normalized spacial score (nSPS) is 13.1. The number of allylic oxidation sites excluding steroid dienone is 1. The Morgan fingerprint density at radius 2 is 1.70 bits per heavy atom. The number of hydrogen-bond donors (Lipinski definition) is 1. The number of hydrogen-bond acceptors (Lipinski definition) is 2. The quantitative estimate of drug-likeness (QED) is 0.376. The fraction of sp³-hybridized carbons (Fsp3) is 0.120. The molecule has 132 valence electrons. The van der Waals surface area contributed by atoms with Gasteiger partial charge in [0.2, 0.25) is 0 Å². The van der Waals surface area contributed by atoms with Crippen molar-refractivity contribution in [3.63, 3.8) is 0 Å². The van der Waals surface area contributed by atoms with Crippen LogP contribution in [0.5, 0.6) is 0 Å². The molecule has 0 saturated carbocycles. The SMILES string of the molecule is Cc1ccccc1-c1sc2ccccc2c1-c1c(N)ccc2c1C=CCC2. The average Bonchev–Trinajstić information content (AvgIpc) is 3.07. The highest BCUT2D eigenvalue weighted by Crippen LogP contribution is 2.49. The second-order valence-corrected chi connectivity index (χ2v) is 8.21. The number of thiophene rings is 1. The lowest BCUT2D eigenvalue weighted by molar-refractivity contribution is 0.987. The van der Waals surface area contributed by atoms with E-state index < -0.39 is 0 Å². The smallest absolute Gasteiger partial charge is 0.0437 e. The van der Waals surface area contributed by atoms with Crippen LogP contribution in [0.1, 0.15) is 23.1 Å². The van der Waals surface area contributed by atoms with Gasteiger partial charge in [-0.3, -0.25) is 0 Å². The van der Waals surface area contributed by atoms with Crippen LogP contribution in [0.4, 0.5) is 5.69 Å². The van der Waals surface area contributed by atoms with E-state index in [0.717, 1.165) is 18.5 Å². The Kier molecular flexibility index (Phi) is 3.87. The summed E-state index contributed by atoms with van der Waals surface area (Å²) in [6, 6.07) is 21.6. The van der Waals surface area contributed by atoms with Crippen LogP contribution in [0, 0.1) is 6.92 Å². The molecule has 1 nitrogen and oxygen atoms in total. The van der Waals surface area contributed by atoms with Gasteiger partial charge in [0, 0.05) is 31.8 Å². The lowest BCUT2D eigenvalue weighted by atomic mass is 9.86. The Morgan fingerprint density at radius 3 is 2.59 bits per heavy atom. The maximum atomic E-state index is 6.58. The molecule has 0 unspecified atom stereocenters. The maximum absolute atomic E-state index is 6.58. The van der Waals surface area contributed by atoms with E-state index in [1.807, 2.05) is 11.3 Å². The number of anilines is 1. The second-order valence-electron chi connectivity index (χ2n) is 7.16. The first-order valence-corrected chi connectivity index (χ1v) is 10.2. The Morgan fingerprint density at radius 1 is 0.889 bits per heavy atom. The van der Waals surface area contributed by atoms with Gasteiger partial charge in [0.1, 0.15) is 0 Å². The summed E-state index contributed by atoms with van der Waals surface area (Å²) in [7, 11) is 0. The van der Waals surface area contributed by atoms with E-state index in [9.17, 15) is 0 Å². The van der Waals surface area contributed by atoms with E-state index in [2.05, 4.69) is 79.7 Å². The minimum atomic E-state index is 0.860. The zero-order valence-corrected chi connectivity index (χ0v) is 16.1. The first-order valence-electron chi connectivity index (χ1n) is 9.40. The van der Waals surface area contributed by atoms with Gasteiger partial charge < -0.3 is 5.73 Å². The predicted octanol–water partition coefficient (Wildman–Crippen LogP) is 7.09. The monoisotopic (exact) mass is 367 g/mol. The van der Waals surface area contributed by atoms with Crippen LogP contribution < -0.4 is 5.73 Å². The third-order valence-electron chi connectivity index (χ3n) is 5.47. The molecule has 2 N–H and O–H groups in total. The summed E-state index contributed by atoms with van der Waals surface area (Å²) in [5.74, 6) is 0. The molecule has 1 aliphatic rings. The summed E-state index contributed by atoms with van der Waals surface area (Å²) in [4.78, 5) is 1.31. The van der Waals surface area contributed by atoms with Crippen molar-refractivity contribution in [2.75, 3.05) is 5.73 Å². The molecule has 1 heterocycles. The van der Waals surface area contributed by atoms with Crippen molar-refractivity contribution >= 4 is 33.2 Å². The van der Waals surface area contributed by atoms with Crippen molar-refractivity contribution in [3.8, 4) is 21.6 Å². The largest absolute Gasteiger partial charge is 0.398 e. The first kappa shape index (κ1) is 16.3. The molecule has 1 aliphatic carbocycles. The summed E-state index contributed by atoms with van der Waals surface area (Å²) < 4.78 is 1.31. The van der Waals surface area contributed by atoms with E-state index >= 15 is 0 Å². The Balaban J connectivity index is 1.92. The van der Waals surface area contributed by atoms with Crippen LogP contribution in [0.3, 0.4) is 0 Å². The van der Waals surface area contributed by atoms with Crippen molar-refractivity contribution in [1.29, 1.82) is 0 Å². The van der Waals surface area contributed by atoms with Gasteiger partial charge in [-0.15, -0.1) is 11.3 Å². The lowest BCUT2D eigenvalue weighted by Gasteiger charge is -2.19. The van der Waals surface area contributed by atoms with E-state index in [0.29, 0.717) is 0 Å². The summed E-state index contributed by atoms with van der Waals surface area (Å²) in [5, 5.41) is 1.29. The molecule has 0 amide bonds. The standard InChI is InChI=1S/C25H21NS/c1-16-8-2-4-10-18(16)25-24(20-12-6-7-13-22(20)27-25)23-19-11-5-3-9-17(19)14-15-21(23)26/h2,4-8,10-15H,3,9,26H2,1H3. The lowest BCUT2D eigenvalue weighted by Crippen LogP contribution is -2.01. The molecule has 1 aromatic heterocycles. The molecule has 2 heteroatoms. The van der Waals surface area contributed by atoms with Gasteiger partial charge in [0.15, 0.2) is 0 Å². The van der Waals surface area contributed by atoms with Gasteiger partial charge in [-0.1, -0.05) is 60.7 Å². The van der Waals surface area contributed by atoms with Crippen LogP contribution in [-0.4, -0.2) is 0 Å². The molecule has 0 saturated heterocycles. The van der Waals surface area contributed by atoms with Gasteiger partial charge in [-0.2, -0.15) is 0 Å². The summed E-state index contributed by atoms with van der Waals surface area (Å²) in [6.07, 6.45) is 6.72. The summed E-state index contributed by atoms with van der Waals surface area (Å²) in [6.45, 7) is 2.19. The third kappa shape index (κ3) is 2.60. The molecule has 0 aliphatic heterocycles. The number of nitrogens with two attached hydrogens (primary N) is 1. The Bertz CT molecular complexity index is 1200.